The molecule has 0 bridgehead atoms. The zero-order valence-corrected chi connectivity index (χ0v) is 12.3. The van der Waals surface area contributed by atoms with Gasteiger partial charge in [-0.05, 0) is 48.6 Å². The van der Waals surface area contributed by atoms with Crippen LogP contribution in [0, 0.1) is 6.92 Å². The van der Waals surface area contributed by atoms with Crippen molar-refractivity contribution in [2.75, 3.05) is 0 Å². The molecule has 3 rings (SSSR count). The second-order valence-corrected chi connectivity index (χ2v) is 5.58. The van der Waals surface area contributed by atoms with Gasteiger partial charge in [0, 0.05) is 17.6 Å². The Morgan fingerprint density at radius 1 is 0.905 bits per heavy atom. The fraction of sp³-hybridized carbons (Fsp3) is 0.211. The van der Waals surface area contributed by atoms with Crippen LogP contribution in [0.2, 0.25) is 0 Å². The third-order valence-corrected chi connectivity index (χ3v) is 3.96. The van der Waals surface area contributed by atoms with E-state index in [1.165, 1.54) is 22.1 Å². The van der Waals surface area contributed by atoms with Crippen molar-refractivity contribution < 1.29 is 0 Å². The van der Waals surface area contributed by atoms with Gasteiger partial charge in [0.15, 0.2) is 0 Å². The van der Waals surface area contributed by atoms with Gasteiger partial charge in [-0.3, -0.25) is 4.98 Å². The summed E-state index contributed by atoms with van der Waals surface area (Å²) in [5.74, 6) is 0. The smallest absolute Gasteiger partial charge is 0.0704 e. The van der Waals surface area contributed by atoms with Crippen LogP contribution in [-0.4, -0.2) is 11.0 Å². The third kappa shape index (κ3) is 3.11. The Kier molecular flexibility index (Phi) is 3.98. The van der Waals surface area contributed by atoms with Gasteiger partial charge >= 0.3 is 0 Å². The highest BCUT2D eigenvalue weighted by atomic mass is 14.7. The summed E-state index contributed by atoms with van der Waals surface area (Å²) in [7, 11) is 0. The number of nitrogens with zero attached hydrogens (tertiary/aromatic N) is 1. The van der Waals surface area contributed by atoms with E-state index < -0.39 is 0 Å². The Morgan fingerprint density at radius 3 is 2.48 bits per heavy atom. The predicted octanol–water partition coefficient (Wildman–Crippen LogP) is 3.66. The molecule has 2 heteroatoms. The molecule has 0 spiro atoms. The number of para-hydroxylation sites is 1. The van der Waals surface area contributed by atoms with Crippen LogP contribution in [0.1, 0.15) is 16.7 Å². The van der Waals surface area contributed by atoms with Crippen molar-refractivity contribution in [2.24, 2.45) is 5.73 Å². The van der Waals surface area contributed by atoms with Crippen LogP contribution in [0.4, 0.5) is 0 Å². The Labute approximate surface area is 125 Å². The Hall–Kier alpha value is -2.19. The predicted molar refractivity (Wildman–Crippen MR) is 88.3 cm³/mol. The molecule has 0 aliphatic heterocycles. The van der Waals surface area contributed by atoms with E-state index in [1.807, 2.05) is 18.3 Å². The molecule has 3 aromatic rings. The van der Waals surface area contributed by atoms with Crippen LogP contribution in [-0.2, 0) is 12.8 Å². The molecule has 2 N–H and O–H groups in total. The maximum absolute atomic E-state index is 6.38. The summed E-state index contributed by atoms with van der Waals surface area (Å²) in [6.07, 6.45) is 3.65. The van der Waals surface area contributed by atoms with E-state index in [0.29, 0.717) is 0 Å². The molecule has 1 unspecified atom stereocenters. The summed E-state index contributed by atoms with van der Waals surface area (Å²) < 4.78 is 0. The van der Waals surface area contributed by atoms with Gasteiger partial charge in [0.25, 0.3) is 0 Å². The van der Waals surface area contributed by atoms with Gasteiger partial charge in [-0.15, -0.1) is 0 Å². The minimum absolute atomic E-state index is 0.122. The number of hydrogen-bond acceptors (Lipinski definition) is 2. The standard InChI is InChI=1S/C19H20N2/c1-14-6-2-3-7-15(14)12-17(20)13-16-10-11-21-19-9-5-4-8-18(16)19/h2-11,17H,12-13,20H2,1H3. The summed E-state index contributed by atoms with van der Waals surface area (Å²) in [5, 5.41) is 1.21. The number of pyridine rings is 1. The van der Waals surface area contributed by atoms with Gasteiger partial charge in [0.1, 0.15) is 0 Å². The van der Waals surface area contributed by atoms with Crippen LogP contribution in [0.5, 0.6) is 0 Å². The molecule has 0 aliphatic carbocycles. The van der Waals surface area contributed by atoms with Gasteiger partial charge < -0.3 is 5.73 Å². The number of fused-ring (bicyclic) bond motifs is 1. The monoisotopic (exact) mass is 276 g/mol. The first-order valence-corrected chi connectivity index (χ1v) is 7.37. The molecule has 0 aliphatic rings. The maximum atomic E-state index is 6.38. The zero-order valence-electron chi connectivity index (χ0n) is 12.3. The van der Waals surface area contributed by atoms with Crippen LogP contribution in [0.3, 0.4) is 0 Å². The van der Waals surface area contributed by atoms with E-state index in [-0.39, 0.29) is 6.04 Å². The van der Waals surface area contributed by atoms with E-state index in [9.17, 15) is 0 Å². The fourth-order valence-electron chi connectivity index (χ4n) is 2.81. The van der Waals surface area contributed by atoms with Crippen LogP contribution < -0.4 is 5.73 Å². The molecule has 1 aromatic heterocycles. The quantitative estimate of drug-likeness (QED) is 0.790. The lowest BCUT2D eigenvalue weighted by molar-refractivity contribution is 0.665. The summed E-state index contributed by atoms with van der Waals surface area (Å²) >= 11 is 0. The topological polar surface area (TPSA) is 38.9 Å². The van der Waals surface area contributed by atoms with E-state index in [2.05, 4.69) is 54.4 Å². The minimum Gasteiger partial charge on any atom is -0.327 e. The van der Waals surface area contributed by atoms with E-state index in [0.717, 1.165) is 18.4 Å². The van der Waals surface area contributed by atoms with Crippen molar-refractivity contribution in [2.45, 2.75) is 25.8 Å². The first kappa shape index (κ1) is 13.8. The van der Waals surface area contributed by atoms with Crippen molar-refractivity contribution in [3.8, 4) is 0 Å². The molecule has 0 radical (unpaired) electrons. The minimum atomic E-state index is 0.122. The average Bonchev–Trinajstić information content (AvgIpc) is 2.50. The molecule has 2 nitrogen and oxygen atoms in total. The molecule has 106 valence electrons. The van der Waals surface area contributed by atoms with Gasteiger partial charge in [-0.1, -0.05) is 42.5 Å². The Morgan fingerprint density at radius 2 is 1.62 bits per heavy atom. The van der Waals surface area contributed by atoms with Gasteiger partial charge in [0.05, 0.1) is 5.52 Å². The number of rotatable bonds is 4. The molecule has 0 amide bonds. The molecule has 0 fully saturated rings. The van der Waals surface area contributed by atoms with Gasteiger partial charge in [0.2, 0.25) is 0 Å². The average molecular weight is 276 g/mol. The molecule has 1 heterocycles. The van der Waals surface area contributed by atoms with E-state index in [4.69, 9.17) is 5.73 Å². The van der Waals surface area contributed by atoms with Crippen LogP contribution >= 0.6 is 0 Å². The number of aryl methyl sites for hydroxylation is 1. The maximum Gasteiger partial charge on any atom is 0.0704 e. The number of aromatic nitrogens is 1. The highest BCUT2D eigenvalue weighted by Crippen LogP contribution is 2.18. The lowest BCUT2D eigenvalue weighted by atomic mass is 9.95. The summed E-state index contributed by atoms with van der Waals surface area (Å²) in [5.41, 5.74) is 11.3. The summed E-state index contributed by atoms with van der Waals surface area (Å²) in [4.78, 5) is 4.41. The number of hydrogen-bond donors (Lipinski definition) is 1. The summed E-state index contributed by atoms with van der Waals surface area (Å²) in [6.45, 7) is 2.14. The normalized spacial score (nSPS) is 12.5. The zero-order chi connectivity index (χ0) is 14.7. The number of nitrogens with two attached hydrogens (primary N) is 1. The summed E-state index contributed by atoms with van der Waals surface area (Å²) in [6, 6.07) is 18.9. The van der Waals surface area contributed by atoms with Crippen molar-refractivity contribution in [3.63, 3.8) is 0 Å². The highest BCUT2D eigenvalue weighted by molar-refractivity contribution is 5.81. The highest BCUT2D eigenvalue weighted by Gasteiger charge is 2.09. The molecular formula is C19H20N2. The lowest BCUT2D eigenvalue weighted by Crippen LogP contribution is -2.26. The van der Waals surface area contributed by atoms with Gasteiger partial charge in [-0.25, -0.2) is 0 Å². The molecule has 2 aromatic carbocycles. The van der Waals surface area contributed by atoms with Crippen LogP contribution in [0.25, 0.3) is 10.9 Å². The molecule has 1 atom stereocenters. The van der Waals surface area contributed by atoms with Gasteiger partial charge in [-0.2, -0.15) is 0 Å². The lowest BCUT2D eigenvalue weighted by Gasteiger charge is -2.14. The molecule has 21 heavy (non-hydrogen) atoms. The van der Waals surface area contributed by atoms with Crippen molar-refractivity contribution in [3.05, 3.63) is 77.5 Å². The Balaban J connectivity index is 1.81. The van der Waals surface area contributed by atoms with Crippen molar-refractivity contribution >= 4 is 10.9 Å². The van der Waals surface area contributed by atoms with E-state index in [1.54, 1.807) is 0 Å². The van der Waals surface area contributed by atoms with Crippen LogP contribution in [0.15, 0.2) is 60.8 Å². The first-order chi connectivity index (χ1) is 10.2. The van der Waals surface area contributed by atoms with Crippen molar-refractivity contribution in [1.29, 1.82) is 0 Å². The SMILES string of the molecule is Cc1ccccc1CC(N)Cc1ccnc2ccccc12. The third-order valence-electron chi connectivity index (χ3n) is 3.96. The molecular weight excluding hydrogens is 256 g/mol. The second kappa shape index (κ2) is 6.06. The molecule has 0 saturated heterocycles. The Bertz CT molecular complexity index is 744. The second-order valence-electron chi connectivity index (χ2n) is 5.58. The molecule has 0 saturated carbocycles. The fourth-order valence-corrected chi connectivity index (χ4v) is 2.81. The first-order valence-electron chi connectivity index (χ1n) is 7.37. The number of benzene rings is 2. The van der Waals surface area contributed by atoms with E-state index >= 15 is 0 Å². The van der Waals surface area contributed by atoms with Crippen molar-refractivity contribution in [1.82, 2.24) is 4.98 Å². The largest absolute Gasteiger partial charge is 0.327 e.